The van der Waals surface area contributed by atoms with Crippen LogP contribution in [0.5, 0.6) is 0 Å². The standard InChI is InChI=1S/C14H8F2N2OS/c15-8-5-9(16)7-10(6-8)18-13(19)11-3-1-2-4-12(11)17-14(18)20/h1-7H,(H,17,20). The molecule has 0 aliphatic carbocycles. The van der Waals surface area contributed by atoms with Crippen molar-refractivity contribution in [2.24, 2.45) is 0 Å². The molecule has 100 valence electrons. The number of para-hydroxylation sites is 1. The average molecular weight is 290 g/mol. The van der Waals surface area contributed by atoms with Gasteiger partial charge in [0, 0.05) is 6.07 Å². The Labute approximate surface area is 117 Å². The lowest BCUT2D eigenvalue weighted by Gasteiger charge is -2.08. The monoisotopic (exact) mass is 290 g/mol. The SMILES string of the molecule is O=c1c2ccccc2[nH]c(=S)n1-c1cc(F)cc(F)c1. The van der Waals surface area contributed by atoms with Crippen LogP contribution in [0.15, 0.2) is 47.3 Å². The molecule has 2 aromatic carbocycles. The first-order chi connectivity index (χ1) is 9.56. The van der Waals surface area contributed by atoms with Gasteiger partial charge in [-0.2, -0.15) is 0 Å². The van der Waals surface area contributed by atoms with Crippen LogP contribution in [0.2, 0.25) is 0 Å². The normalized spacial score (nSPS) is 10.9. The number of aromatic amines is 1. The zero-order valence-corrected chi connectivity index (χ0v) is 10.9. The van der Waals surface area contributed by atoms with Crippen LogP contribution in [0, 0.1) is 16.4 Å². The van der Waals surface area contributed by atoms with Crippen molar-refractivity contribution in [3.63, 3.8) is 0 Å². The molecule has 1 heterocycles. The number of hydrogen-bond donors (Lipinski definition) is 1. The molecular weight excluding hydrogens is 282 g/mol. The first-order valence-corrected chi connectivity index (χ1v) is 6.17. The van der Waals surface area contributed by atoms with Crippen molar-refractivity contribution in [3.8, 4) is 5.69 Å². The number of H-pyrrole nitrogens is 1. The number of halogens is 2. The summed E-state index contributed by atoms with van der Waals surface area (Å²) in [6.07, 6.45) is 0. The molecule has 6 heteroatoms. The Kier molecular flexibility index (Phi) is 2.94. The molecule has 0 unspecified atom stereocenters. The van der Waals surface area contributed by atoms with E-state index in [4.69, 9.17) is 12.2 Å². The Morgan fingerprint density at radius 3 is 2.40 bits per heavy atom. The first-order valence-electron chi connectivity index (χ1n) is 5.77. The summed E-state index contributed by atoms with van der Waals surface area (Å²) in [5.74, 6) is -1.54. The molecule has 3 rings (SSSR count). The Hall–Kier alpha value is -2.34. The van der Waals surface area contributed by atoms with Gasteiger partial charge in [-0.3, -0.25) is 9.36 Å². The maximum Gasteiger partial charge on any atom is 0.266 e. The minimum atomic E-state index is -0.769. The van der Waals surface area contributed by atoms with Gasteiger partial charge in [-0.25, -0.2) is 8.78 Å². The van der Waals surface area contributed by atoms with Crippen LogP contribution in [-0.4, -0.2) is 9.55 Å². The number of fused-ring (bicyclic) bond motifs is 1. The average Bonchev–Trinajstić information content (AvgIpc) is 2.37. The van der Waals surface area contributed by atoms with Crippen LogP contribution in [0.3, 0.4) is 0 Å². The van der Waals surface area contributed by atoms with E-state index in [1.807, 2.05) is 0 Å². The highest BCUT2D eigenvalue weighted by Gasteiger charge is 2.09. The fourth-order valence-electron chi connectivity index (χ4n) is 2.07. The van der Waals surface area contributed by atoms with E-state index in [2.05, 4.69) is 4.98 Å². The number of rotatable bonds is 1. The van der Waals surface area contributed by atoms with Crippen molar-refractivity contribution in [1.29, 1.82) is 0 Å². The first kappa shape index (κ1) is 12.7. The maximum atomic E-state index is 13.3. The second-order valence-corrected chi connectivity index (χ2v) is 4.63. The fourth-order valence-corrected chi connectivity index (χ4v) is 2.36. The van der Waals surface area contributed by atoms with Gasteiger partial charge in [-0.15, -0.1) is 0 Å². The van der Waals surface area contributed by atoms with Crippen LogP contribution >= 0.6 is 12.2 Å². The topological polar surface area (TPSA) is 37.8 Å². The van der Waals surface area contributed by atoms with Crippen molar-refractivity contribution in [2.45, 2.75) is 0 Å². The Morgan fingerprint density at radius 1 is 1.05 bits per heavy atom. The van der Waals surface area contributed by atoms with Crippen molar-refractivity contribution in [2.75, 3.05) is 0 Å². The molecule has 0 saturated carbocycles. The highest BCUT2D eigenvalue weighted by Crippen LogP contribution is 2.13. The van der Waals surface area contributed by atoms with E-state index in [1.54, 1.807) is 24.3 Å². The van der Waals surface area contributed by atoms with Gasteiger partial charge in [-0.1, -0.05) is 12.1 Å². The summed E-state index contributed by atoms with van der Waals surface area (Å²) >= 11 is 5.10. The van der Waals surface area contributed by atoms with E-state index in [1.165, 1.54) is 0 Å². The highest BCUT2D eigenvalue weighted by molar-refractivity contribution is 7.71. The lowest BCUT2D eigenvalue weighted by Crippen LogP contribution is -2.20. The van der Waals surface area contributed by atoms with E-state index >= 15 is 0 Å². The molecule has 0 aliphatic rings. The van der Waals surface area contributed by atoms with Crippen LogP contribution in [0.1, 0.15) is 0 Å². The molecule has 0 fully saturated rings. The van der Waals surface area contributed by atoms with Gasteiger partial charge in [0.2, 0.25) is 0 Å². The van der Waals surface area contributed by atoms with Crippen molar-refractivity contribution in [1.82, 2.24) is 9.55 Å². The van der Waals surface area contributed by atoms with Gasteiger partial charge in [0.15, 0.2) is 4.77 Å². The predicted octanol–water partition coefficient (Wildman–Crippen LogP) is 3.33. The molecule has 0 atom stereocenters. The molecule has 1 N–H and O–H groups in total. The summed E-state index contributed by atoms with van der Waals surface area (Å²) in [5.41, 5.74) is 0.212. The molecule has 3 aromatic rings. The number of aromatic nitrogens is 2. The molecule has 0 radical (unpaired) electrons. The van der Waals surface area contributed by atoms with Gasteiger partial charge in [0.05, 0.1) is 16.6 Å². The lowest BCUT2D eigenvalue weighted by atomic mass is 10.2. The molecular formula is C14H8F2N2OS. The zero-order chi connectivity index (χ0) is 14.3. The molecule has 1 aromatic heterocycles. The maximum absolute atomic E-state index is 13.3. The van der Waals surface area contributed by atoms with Gasteiger partial charge < -0.3 is 4.98 Å². The van der Waals surface area contributed by atoms with Crippen LogP contribution in [0.25, 0.3) is 16.6 Å². The molecule has 20 heavy (non-hydrogen) atoms. The lowest BCUT2D eigenvalue weighted by molar-refractivity contribution is 0.581. The predicted molar refractivity (Wildman–Crippen MR) is 74.6 cm³/mol. The second-order valence-electron chi connectivity index (χ2n) is 4.24. The van der Waals surface area contributed by atoms with Gasteiger partial charge in [0.1, 0.15) is 11.6 Å². The van der Waals surface area contributed by atoms with Gasteiger partial charge >= 0.3 is 0 Å². The number of hydrogen-bond acceptors (Lipinski definition) is 2. The third-order valence-corrected chi connectivity index (χ3v) is 3.20. The van der Waals surface area contributed by atoms with E-state index in [-0.39, 0.29) is 10.5 Å². The second kappa shape index (κ2) is 4.64. The molecule has 0 amide bonds. The number of nitrogens with zero attached hydrogens (tertiary/aromatic N) is 1. The Bertz CT molecular complexity index is 910. The van der Waals surface area contributed by atoms with E-state index in [0.717, 1.165) is 22.8 Å². The van der Waals surface area contributed by atoms with E-state index in [9.17, 15) is 13.6 Å². The number of nitrogens with one attached hydrogen (secondary N) is 1. The molecule has 0 spiro atoms. The van der Waals surface area contributed by atoms with Gasteiger partial charge in [-0.05, 0) is 36.5 Å². The Morgan fingerprint density at radius 2 is 1.70 bits per heavy atom. The summed E-state index contributed by atoms with van der Waals surface area (Å²) in [5, 5.41) is 0.394. The summed E-state index contributed by atoms with van der Waals surface area (Å²) < 4.78 is 27.7. The molecule has 0 bridgehead atoms. The minimum absolute atomic E-state index is 0.0551. The fraction of sp³-hybridized carbons (Fsp3) is 0. The highest BCUT2D eigenvalue weighted by atomic mass is 32.1. The largest absolute Gasteiger partial charge is 0.331 e. The summed E-state index contributed by atoms with van der Waals surface area (Å²) in [4.78, 5) is 15.3. The van der Waals surface area contributed by atoms with E-state index < -0.39 is 17.2 Å². The zero-order valence-electron chi connectivity index (χ0n) is 10.1. The third kappa shape index (κ3) is 2.04. The Balaban J connectivity index is 2.42. The summed E-state index contributed by atoms with van der Waals surface area (Å²) in [6.45, 7) is 0. The number of benzene rings is 2. The van der Waals surface area contributed by atoms with Crippen molar-refractivity contribution >= 4 is 23.1 Å². The smallest absolute Gasteiger partial charge is 0.266 e. The van der Waals surface area contributed by atoms with Crippen molar-refractivity contribution in [3.05, 3.63) is 69.2 Å². The third-order valence-electron chi connectivity index (χ3n) is 2.91. The van der Waals surface area contributed by atoms with Crippen LogP contribution in [0.4, 0.5) is 8.78 Å². The molecule has 3 nitrogen and oxygen atoms in total. The van der Waals surface area contributed by atoms with Gasteiger partial charge in [0.25, 0.3) is 5.56 Å². The van der Waals surface area contributed by atoms with E-state index in [0.29, 0.717) is 10.9 Å². The summed E-state index contributed by atoms with van der Waals surface area (Å²) in [6, 6.07) is 9.66. The van der Waals surface area contributed by atoms with Crippen molar-refractivity contribution < 1.29 is 8.78 Å². The van der Waals surface area contributed by atoms with Crippen LogP contribution < -0.4 is 5.56 Å². The molecule has 0 aliphatic heterocycles. The summed E-state index contributed by atoms with van der Waals surface area (Å²) in [7, 11) is 0. The minimum Gasteiger partial charge on any atom is -0.331 e. The quantitative estimate of drug-likeness (QED) is 0.698. The molecule has 0 saturated heterocycles. The van der Waals surface area contributed by atoms with Crippen LogP contribution in [-0.2, 0) is 0 Å².